The quantitative estimate of drug-likeness (QED) is 0.851. The summed E-state index contributed by atoms with van der Waals surface area (Å²) in [6, 6.07) is 8.36. The second kappa shape index (κ2) is 4.25. The molecule has 2 aliphatic heterocycles. The van der Waals surface area contributed by atoms with E-state index in [0.717, 1.165) is 18.4 Å². The van der Waals surface area contributed by atoms with Crippen molar-refractivity contribution in [3.63, 3.8) is 0 Å². The van der Waals surface area contributed by atoms with Gasteiger partial charge in [-0.15, -0.1) is 0 Å². The molecule has 2 unspecified atom stereocenters. The number of nitrogens with one attached hydrogen (secondary N) is 1. The maximum absolute atomic E-state index is 14.9. The molecule has 0 aromatic heterocycles. The first-order valence-corrected chi connectivity index (χ1v) is 6.71. The molecule has 3 heteroatoms. The third kappa shape index (κ3) is 2.34. The predicted molar refractivity (Wildman–Crippen MR) is 68.2 cm³/mol. The summed E-state index contributed by atoms with van der Waals surface area (Å²) in [4.78, 5) is 0. The van der Waals surface area contributed by atoms with Gasteiger partial charge in [0.15, 0.2) is 0 Å². The maximum atomic E-state index is 14.9. The first-order valence-electron chi connectivity index (χ1n) is 6.33. The van der Waals surface area contributed by atoms with Crippen molar-refractivity contribution in [3.05, 3.63) is 34.9 Å². The molecule has 2 atom stereocenters. The minimum absolute atomic E-state index is 0.376. The number of alkyl halides is 1. The van der Waals surface area contributed by atoms with Crippen molar-refractivity contribution in [2.45, 2.75) is 49.9 Å². The van der Waals surface area contributed by atoms with Crippen molar-refractivity contribution in [2.24, 2.45) is 0 Å². The van der Waals surface area contributed by atoms with Gasteiger partial charge in [-0.05, 0) is 37.3 Å². The van der Waals surface area contributed by atoms with E-state index in [9.17, 15) is 4.39 Å². The van der Waals surface area contributed by atoms with E-state index in [0.29, 0.717) is 36.4 Å². The fourth-order valence-corrected chi connectivity index (χ4v) is 3.52. The van der Waals surface area contributed by atoms with Gasteiger partial charge in [0.1, 0.15) is 5.67 Å². The van der Waals surface area contributed by atoms with Crippen LogP contribution in [-0.4, -0.2) is 17.8 Å². The lowest BCUT2D eigenvalue weighted by atomic mass is 9.84. The number of hydrogen-bond acceptors (Lipinski definition) is 1. The monoisotopic (exact) mass is 253 g/mol. The van der Waals surface area contributed by atoms with Crippen LogP contribution in [0.25, 0.3) is 0 Å². The van der Waals surface area contributed by atoms with Crippen LogP contribution >= 0.6 is 11.6 Å². The van der Waals surface area contributed by atoms with Gasteiger partial charge in [0.2, 0.25) is 0 Å². The van der Waals surface area contributed by atoms with E-state index in [1.54, 1.807) is 0 Å². The van der Waals surface area contributed by atoms with Gasteiger partial charge < -0.3 is 5.32 Å². The summed E-state index contributed by atoms with van der Waals surface area (Å²) in [6.45, 7) is 0. The Bertz CT molecular complexity index is 408. The minimum Gasteiger partial charge on any atom is -0.311 e. The highest BCUT2D eigenvalue weighted by molar-refractivity contribution is 6.31. The lowest BCUT2D eigenvalue weighted by Gasteiger charge is -2.35. The van der Waals surface area contributed by atoms with Gasteiger partial charge in [0, 0.05) is 23.5 Å². The number of halogens is 2. The van der Waals surface area contributed by atoms with Crippen LogP contribution in [-0.2, 0) is 6.42 Å². The molecule has 17 heavy (non-hydrogen) atoms. The van der Waals surface area contributed by atoms with Gasteiger partial charge in [-0.3, -0.25) is 0 Å². The Balaban J connectivity index is 1.78. The lowest BCUT2D eigenvalue weighted by molar-refractivity contribution is 0.0894. The summed E-state index contributed by atoms with van der Waals surface area (Å²) in [5.41, 5.74) is -0.125. The molecule has 0 amide bonds. The first kappa shape index (κ1) is 11.5. The smallest absolute Gasteiger partial charge is 0.118 e. The average Bonchev–Trinajstić information content (AvgIpc) is 2.62. The van der Waals surface area contributed by atoms with Crippen molar-refractivity contribution in [2.75, 3.05) is 0 Å². The van der Waals surface area contributed by atoms with Gasteiger partial charge in [0.25, 0.3) is 0 Å². The fourth-order valence-electron chi connectivity index (χ4n) is 3.32. The van der Waals surface area contributed by atoms with Crippen LogP contribution in [0.4, 0.5) is 4.39 Å². The standard InChI is InChI=1S/C14H17ClFN/c15-13-4-2-1-3-10(13)7-14(16)8-11-5-6-12(9-14)17-11/h1-4,11-12,17H,5-9H2. The Labute approximate surface area is 106 Å². The van der Waals surface area contributed by atoms with E-state index in [1.165, 1.54) is 0 Å². The number of hydrogen-bond donors (Lipinski definition) is 1. The first-order chi connectivity index (χ1) is 8.15. The topological polar surface area (TPSA) is 12.0 Å². The summed E-state index contributed by atoms with van der Waals surface area (Å²) in [5.74, 6) is 0. The highest BCUT2D eigenvalue weighted by Gasteiger charge is 2.44. The Hall–Kier alpha value is -0.600. The fraction of sp³-hybridized carbons (Fsp3) is 0.571. The van der Waals surface area contributed by atoms with Gasteiger partial charge in [-0.2, -0.15) is 0 Å². The minimum atomic E-state index is -1.07. The van der Waals surface area contributed by atoms with Crippen molar-refractivity contribution in [1.29, 1.82) is 0 Å². The Morgan fingerprint density at radius 1 is 1.24 bits per heavy atom. The molecule has 1 N–H and O–H groups in total. The largest absolute Gasteiger partial charge is 0.311 e. The van der Waals surface area contributed by atoms with Gasteiger partial charge in [-0.1, -0.05) is 29.8 Å². The Kier molecular flexibility index (Phi) is 2.87. The molecule has 0 aliphatic carbocycles. The van der Waals surface area contributed by atoms with E-state index in [1.807, 2.05) is 24.3 Å². The molecule has 2 aliphatic rings. The molecule has 3 rings (SSSR count). The maximum Gasteiger partial charge on any atom is 0.118 e. The predicted octanol–water partition coefficient (Wildman–Crippen LogP) is 3.51. The second-order valence-electron chi connectivity index (χ2n) is 5.47. The summed E-state index contributed by atoms with van der Waals surface area (Å²) >= 11 is 6.11. The molecule has 0 radical (unpaired) electrons. The van der Waals surface area contributed by atoms with Crippen LogP contribution in [0.5, 0.6) is 0 Å². The van der Waals surface area contributed by atoms with Crippen LogP contribution in [0.15, 0.2) is 24.3 Å². The molecule has 2 fully saturated rings. The van der Waals surface area contributed by atoms with Crippen molar-refractivity contribution in [1.82, 2.24) is 5.32 Å². The molecular weight excluding hydrogens is 237 g/mol. The molecule has 2 saturated heterocycles. The summed E-state index contributed by atoms with van der Waals surface area (Å²) in [6.07, 6.45) is 3.97. The van der Waals surface area contributed by atoms with Crippen molar-refractivity contribution in [3.8, 4) is 0 Å². The zero-order valence-corrected chi connectivity index (χ0v) is 10.5. The van der Waals surface area contributed by atoms with E-state index in [4.69, 9.17) is 11.6 Å². The highest BCUT2D eigenvalue weighted by Crippen LogP contribution is 2.39. The van der Waals surface area contributed by atoms with Gasteiger partial charge in [0.05, 0.1) is 0 Å². The average molecular weight is 254 g/mol. The molecular formula is C14H17ClFN. The lowest BCUT2D eigenvalue weighted by Crippen LogP contribution is -2.47. The van der Waals surface area contributed by atoms with Crippen LogP contribution in [0.1, 0.15) is 31.2 Å². The SMILES string of the molecule is FC1(Cc2ccccc2Cl)CC2CCC(C1)N2. The van der Waals surface area contributed by atoms with Gasteiger partial charge >= 0.3 is 0 Å². The van der Waals surface area contributed by atoms with Crippen LogP contribution < -0.4 is 5.32 Å². The van der Waals surface area contributed by atoms with E-state index < -0.39 is 5.67 Å². The number of fused-ring (bicyclic) bond motifs is 2. The normalized spacial score (nSPS) is 36.1. The summed E-state index contributed by atoms with van der Waals surface area (Å²) in [5, 5.41) is 4.16. The molecule has 1 aromatic rings. The van der Waals surface area contributed by atoms with E-state index in [-0.39, 0.29) is 0 Å². The third-order valence-corrected chi connectivity index (χ3v) is 4.39. The molecule has 92 valence electrons. The third-order valence-electron chi connectivity index (χ3n) is 4.02. The number of rotatable bonds is 2. The second-order valence-corrected chi connectivity index (χ2v) is 5.87. The van der Waals surface area contributed by atoms with E-state index >= 15 is 0 Å². The molecule has 0 spiro atoms. The Morgan fingerprint density at radius 2 is 1.88 bits per heavy atom. The molecule has 1 nitrogen and oxygen atoms in total. The summed E-state index contributed by atoms with van der Waals surface area (Å²) in [7, 11) is 0. The molecule has 0 saturated carbocycles. The van der Waals surface area contributed by atoms with Crippen molar-refractivity contribution < 1.29 is 4.39 Å². The summed E-state index contributed by atoms with van der Waals surface area (Å²) < 4.78 is 14.9. The highest BCUT2D eigenvalue weighted by atomic mass is 35.5. The van der Waals surface area contributed by atoms with Crippen molar-refractivity contribution >= 4 is 11.6 Å². The zero-order valence-electron chi connectivity index (χ0n) is 9.76. The van der Waals surface area contributed by atoms with Crippen LogP contribution in [0.2, 0.25) is 5.02 Å². The van der Waals surface area contributed by atoms with E-state index in [2.05, 4.69) is 5.32 Å². The van der Waals surface area contributed by atoms with Crippen LogP contribution in [0, 0.1) is 0 Å². The molecule has 2 bridgehead atoms. The number of piperidine rings is 1. The molecule has 2 heterocycles. The number of benzene rings is 1. The zero-order chi connectivity index (χ0) is 11.9. The van der Waals surface area contributed by atoms with Gasteiger partial charge in [-0.25, -0.2) is 4.39 Å². The molecule has 1 aromatic carbocycles. The van der Waals surface area contributed by atoms with Crippen LogP contribution in [0.3, 0.4) is 0 Å². The Morgan fingerprint density at radius 3 is 2.53 bits per heavy atom.